The van der Waals surface area contributed by atoms with Crippen LogP contribution in [-0.4, -0.2) is 52.4 Å². The van der Waals surface area contributed by atoms with Crippen LogP contribution in [0.5, 0.6) is 0 Å². The molecule has 6 nitrogen and oxygen atoms in total. The molecule has 1 saturated carbocycles. The molecule has 1 aliphatic heterocycles. The molecule has 0 spiro atoms. The van der Waals surface area contributed by atoms with Crippen molar-refractivity contribution in [1.82, 2.24) is 20.2 Å². The van der Waals surface area contributed by atoms with E-state index in [1.165, 1.54) is 57.4 Å². The van der Waals surface area contributed by atoms with E-state index in [0.717, 1.165) is 24.8 Å². The number of hydrogen-bond donors (Lipinski definition) is 2. The Balaban J connectivity index is 1.47. The predicted molar refractivity (Wildman–Crippen MR) is 109 cm³/mol. The van der Waals surface area contributed by atoms with Gasteiger partial charge in [0.05, 0.1) is 12.6 Å². The van der Waals surface area contributed by atoms with Crippen molar-refractivity contribution in [3.05, 3.63) is 41.7 Å². The van der Waals surface area contributed by atoms with Crippen LogP contribution in [-0.2, 0) is 6.54 Å². The second-order valence-electron chi connectivity index (χ2n) is 9.16. The summed E-state index contributed by atoms with van der Waals surface area (Å²) in [5.41, 5.74) is 1.25. The van der Waals surface area contributed by atoms with Gasteiger partial charge in [0, 0.05) is 6.42 Å². The van der Waals surface area contributed by atoms with E-state index < -0.39 is 0 Å². The highest BCUT2D eigenvalue weighted by atomic mass is 15.6. The lowest BCUT2D eigenvalue weighted by atomic mass is 10.0. The van der Waals surface area contributed by atoms with E-state index in [0.29, 0.717) is 12.0 Å². The summed E-state index contributed by atoms with van der Waals surface area (Å²) >= 11 is 0. The summed E-state index contributed by atoms with van der Waals surface area (Å²) < 4.78 is 2.03. The van der Waals surface area contributed by atoms with Gasteiger partial charge in [-0.2, -0.15) is 0 Å². The molecule has 2 aliphatic rings. The third-order valence-corrected chi connectivity index (χ3v) is 6.71. The average molecular weight is 385 g/mol. The fourth-order valence-corrected chi connectivity index (χ4v) is 5.24. The van der Waals surface area contributed by atoms with E-state index >= 15 is 0 Å². The van der Waals surface area contributed by atoms with E-state index in [9.17, 15) is 0 Å². The third kappa shape index (κ3) is 4.61. The van der Waals surface area contributed by atoms with E-state index in [1.807, 2.05) is 9.58 Å². The molecule has 1 aromatic carbocycles. The minimum atomic E-state index is 0.392. The molecule has 0 amide bonds. The van der Waals surface area contributed by atoms with Crippen LogP contribution in [0.4, 0.5) is 0 Å². The largest absolute Gasteiger partial charge is 0.323 e. The van der Waals surface area contributed by atoms with Gasteiger partial charge in [-0.3, -0.25) is 0 Å². The maximum atomic E-state index is 4.51. The molecule has 2 fully saturated rings. The standard InChI is InChI=1S/C22H34N6/c1-18(2)16-21(27-14-12-26(13-15-27)20-10-6-7-11-20)22-23-24-25-28(22)17-19-8-4-3-5-9-19/h3-5,8-9,18,20-21H,6-7,10-17H2,1-2H3/p+2/t21-/m0/s1. The average Bonchev–Trinajstić information content (AvgIpc) is 3.39. The first kappa shape index (κ1) is 19.5. The molecule has 28 heavy (non-hydrogen) atoms. The van der Waals surface area contributed by atoms with Gasteiger partial charge in [-0.25, -0.2) is 4.68 Å². The second-order valence-corrected chi connectivity index (χ2v) is 9.16. The summed E-state index contributed by atoms with van der Waals surface area (Å²) in [7, 11) is 0. The molecule has 0 bridgehead atoms. The lowest BCUT2D eigenvalue weighted by molar-refractivity contribution is -1.04. The van der Waals surface area contributed by atoms with Gasteiger partial charge in [-0.15, -0.1) is 5.10 Å². The van der Waals surface area contributed by atoms with Crippen molar-refractivity contribution >= 4 is 0 Å². The zero-order valence-electron chi connectivity index (χ0n) is 17.5. The molecule has 0 radical (unpaired) electrons. The van der Waals surface area contributed by atoms with Crippen molar-refractivity contribution in [2.24, 2.45) is 5.92 Å². The Morgan fingerprint density at radius 1 is 1.04 bits per heavy atom. The number of tetrazole rings is 1. The molecule has 2 aromatic rings. The molecule has 1 saturated heterocycles. The van der Waals surface area contributed by atoms with Crippen LogP contribution < -0.4 is 9.80 Å². The Labute approximate surface area is 168 Å². The van der Waals surface area contributed by atoms with Crippen molar-refractivity contribution in [1.29, 1.82) is 0 Å². The lowest BCUT2D eigenvalue weighted by Crippen LogP contribution is -3.29. The number of quaternary nitrogens is 2. The quantitative estimate of drug-likeness (QED) is 0.732. The number of nitrogens with zero attached hydrogens (tertiary/aromatic N) is 4. The van der Waals surface area contributed by atoms with Crippen LogP contribution in [0.15, 0.2) is 30.3 Å². The molecule has 0 unspecified atom stereocenters. The highest BCUT2D eigenvalue weighted by molar-refractivity contribution is 5.15. The lowest BCUT2D eigenvalue weighted by Gasteiger charge is -2.36. The summed E-state index contributed by atoms with van der Waals surface area (Å²) in [6, 6.07) is 11.8. The molecule has 2 N–H and O–H groups in total. The predicted octanol–water partition coefficient (Wildman–Crippen LogP) is 0.535. The Morgan fingerprint density at radius 3 is 2.43 bits per heavy atom. The number of benzene rings is 1. The van der Waals surface area contributed by atoms with Crippen LogP contribution in [0, 0.1) is 5.92 Å². The molecule has 4 rings (SSSR count). The molecule has 2 heterocycles. The number of hydrogen-bond acceptors (Lipinski definition) is 3. The van der Waals surface area contributed by atoms with Crippen molar-refractivity contribution < 1.29 is 9.80 Å². The topological polar surface area (TPSA) is 52.5 Å². The van der Waals surface area contributed by atoms with Crippen molar-refractivity contribution in [2.75, 3.05) is 26.2 Å². The monoisotopic (exact) mass is 384 g/mol. The Bertz CT molecular complexity index is 714. The number of piperazine rings is 1. The Hall–Kier alpha value is -1.79. The molecule has 152 valence electrons. The van der Waals surface area contributed by atoms with Crippen molar-refractivity contribution in [2.45, 2.75) is 64.6 Å². The van der Waals surface area contributed by atoms with Gasteiger partial charge in [0.25, 0.3) is 0 Å². The van der Waals surface area contributed by atoms with Crippen LogP contribution in [0.25, 0.3) is 0 Å². The van der Waals surface area contributed by atoms with Crippen molar-refractivity contribution in [3.63, 3.8) is 0 Å². The minimum Gasteiger partial charge on any atom is -0.323 e. The molecular formula is C22H36N6+2. The summed E-state index contributed by atoms with van der Waals surface area (Å²) in [4.78, 5) is 3.54. The minimum absolute atomic E-state index is 0.392. The van der Waals surface area contributed by atoms with E-state index in [2.05, 4.69) is 59.7 Å². The molecule has 1 atom stereocenters. The van der Waals surface area contributed by atoms with Gasteiger partial charge in [0.2, 0.25) is 5.82 Å². The first-order valence-corrected chi connectivity index (χ1v) is 11.2. The normalized spacial score (nSPS) is 24.7. The summed E-state index contributed by atoms with van der Waals surface area (Å²) in [5.74, 6) is 1.71. The van der Waals surface area contributed by atoms with Gasteiger partial charge in [0.15, 0.2) is 6.04 Å². The number of rotatable bonds is 7. The Morgan fingerprint density at radius 2 is 1.75 bits per heavy atom. The van der Waals surface area contributed by atoms with Gasteiger partial charge in [0.1, 0.15) is 26.2 Å². The van der Waals surface area contributed by atoms with E-state index in [-0.39, 0.29) is 0 Å². The van der Waals surface area contributed by atoms with Gasteiger partial charge in [-0.05, 0) is 47.6 Å². The maximum absolute atomic E-state index is 4.51. The summed E-state index contributed by atoms with van der Waals surface area (Å²) in [6.45, 7) is 10.5. The fraction of sp³-hybridized carbons (Fsp3) is 0.682. The van der Waals surface area contributed by atoms with Gasteiger partial charge < -0.3 is 9.80 Å². The number of nitrogens with one attached hydrogen (secondary N) is 2. The zero-order chi connectivity index (χ0) is 19.3. The third-order valence-electron chi connectivity index (χ3n) is 6.71. The summed E-state index contributed by atoms with van der Waals surface area (Å²) in [5, 5.41) is 12.9. The van der Waals surface area contributed by atoms with E-state index in [4.69, 9.17) is 0 Å². The van der Waals surface area contributed by atoms with Crippen LogP contribution in [0.1, 0.15) is 63.4 Å². The Kier molecular flexibility index (Phi) is 6.37. The van der Waals surface area contributed by atoms with Gasteiger partial charge in [-0.1, -0.05) is 44.2 Å². The second kappa shape index (κ2) is 9.14. The van der Waals surface area contributed by atoms with Crippen LogP contribution in [0.3, 0.4) is 0 Å². The molecule has 6 heteroatoms. The molecule has 1 aliphatic carbocycles. The molecular weight excluding hydrogens is 348 g/mol. The van der Waals surface area contributed by atoms with Gasteiger partial charge >= 0.3 is 0 Å². The first-order chi connectivity index (χ1) is 13.7. The zero-order valence-corrected chi connectivity index (χ0v) is 17.5. The maximum Gasteiger partial charge on any atom is 0.209 e. The van der Waals surface area contributed by atoms with Crippen LogP contribution in [0.2, 0.25) is 0 Å². The number of aromatic nitrogens is 4. The molecule has 1 aromatic heterocycles. The highest BCUT2D eigenvalue weighted by Gasteiger charge is 2.37. The SMILES string of the molecule is CC(C)C[C@@H](c1nnnn1Cc1ccccc1)[NH+]1CC[NH+](C2CCCC2)CC1. The smallest absolute Gasteiger partial charge is 0.209 e. The van der Waals surface area contributed by atoms with Crippen LogP contribution >= 0.6 is 0 Å². The highest BCUT2D eigenvalue weighted by Crippen LogP contribution is 2.18. The van der Waals surface area contributed by atoms with E-state index in [1.54, 1.807) is 4.90 Å². The summed E-state index contributed by atoms with van der Waals surface area (Å²) in [6.07, 6.45) is 6.90. The fourth-order valence-electron chi connectivity index (χ4n) is 5.24. The van der Waals surface area contributed by atoms with Crippen molar-refractivity contribution in [3.8, 4) is 0 Å². The first-order valence-electron chi connectivity index (χ1n) is 11.2.